The van der Waals surface area contributed by atoms with Gasteiger partial charge >= 0.3 is 6.09 Å². The molecule has 1 N–H and O–H groups in total. The summed E-state index contributed by atoms with van der Waals surface area (Å²) in [7, 11) is 0. The van der Waals surface area contributed by atoms with E-state index >= 15 is 0 Å². The van der Waals surface area contributed by atoms with E-state index in [1.165, 1.54) is 0 Å². The highest BCUT2D eigenvalue weighted by atomic mass is 16.6. The van der Waals surface area contributed by atoms with Gasteiger partial charge in [0.2, 0.25) is 5.91 Å². The van der Waals surface area contributed by atoms with Crippen LogP contribution in [0.2, 0.25) is 0 Å². The molecule has 6 heteroatoms. The molecule has 2 aliphatic rings. The van der Waals surface area contributed by atoms with Crippen molar-refractivity contribution in [3.63, 3.8) is 0 Å². The third-order valence-corrected chi connectivity index (χ3v) is 3.89. The van der Waals surface area contributed by atoms with E-state index in [0.29, 0.717) is 19.5 Å². The smallest absolute Gasteiger partial charge is 0.410 e. The second-order valence-electron chi connectivity index (χ2n) is 7.03. The van der Waals surface area contributed by atoms with Crippen LogP contribution >= 0.6 is 0 Å². The highest BCUT2D eigenvalue weighted by Gasteiger charge is 2.33. The fourth-order valence-electron chi connectivity index (χ4n) is 2.79. The van der Waals surface area contributed by atoms with Crippen LogP contribution in [-0.4, -0.2) is 65.7 Å². The first kappa shape index (κ1) is 16.1. The number of likely N-dealkylation sites (tertiary alicyclic amines) is 1. The lowest BCUT2D eigenvalue weighted by Gasteiger charge is -2.40. The molecule has 2 heterocycles. The van der Waals surface area contributed by atoms with E-state index in [9.17, 15) is 9.59 Å². The minimum absolute atomic E-state index is 0.102. The third kappa shape index (κ3) is 4.33. The molecule has 0 saturated carbocycles. The largest absolute Gasteiger partial charge is 0.444 e. The summed E-state index contributed by atoms with van der Waals surface area (Å²) >= 11 is 0. The SMILES string of the molecule is CC1CNC(CN2CCCC2=O)CN1C(=O)OC(C)(C)C. The van der Waals surface area contributed by atoms with Gasteiger partial charge < -0.3 is 19.9 Å². The Morgan fingerprint density at radius 2 is 2.14 bits per heavy atom. The minimum atomic E-state index is -0.484. The number of amides is 2. The van der Waals surface area contributed by atoms with Crippen molar-refractivity contribution in [1.82, 2.24) is 15.1 Å². The average Bonchev–Trinajstić information content (AvgIpc) is 2.75. The second-order valence-corrected chi connectivity index (χ2v) is 7.03. The number of carbonyl (C=O) groups excluding carboxylic acids is 2. The molecule has 0 aromatic carbocycles. The predicted octanol–water partition coefficient (Wildman–Crippen LogP) is 1.21. The minimum Gasteiger partial charge on any atom is -0.444 e. The molecular formula is C15H27N3O3. The van der Waals surface area contributed by atoms with Crippen molar-refractivity contribution in [3.05, 3.63) is 0 Å². The molecule has 2 rings (SSSR count). The van der Waals surface area contributed by atoms with Gasteiger partial charge in [0.05, 0.1) is 0 Å². The first-order chi connectivity index (χ1) is 9.76. The summed E-state index contributed by atoms with van der Waals surface area (Å²) in [5.74, 6) is 0.222. The number of carbonyl (C=O) groups is 2. The van der Waals surface area contributed by atoms with Crippen LogP contribution in [0, 0.1) is 0 Å². The Hall–Kier alpha value is -1.30. The lowest BCUT2D eigenvalue weighted by Crippen LogP contribution is -2.60. The monoisotopic (exact) mass is 297 g/mol. The lowest BCUT2D eigenvalue weighted by molar-refractivity contribution is -0.128. The zero-order valence-electron chi connectivity index (χ0n) is 13.5. The highest BCUT2D eigenvalue weighted by Crippen LogP contribution is 2.16. The van der Waals surface area contributed by atoms with Gasteiger partial charge in [-0.1, -0.05) is 0 Å². The standard InChI is InChI=1S/C15H27N3O3/c1-11-8-16-12(9-17-7-5-6-13(17)19)10-18(11)14(20)21-15(2,3)4/h11-12,16H,5-10H2,1-4H3. The maximum atomic E-state index is 12.3. The molecule has 2 amide bonds. The average molecular weight is 297 g/mol. The van der Waals surface area contributed by atoms with E-state index in [-0.39, 0.29) is 24.1 Å². The zero-order chi connectivity index (χ0) is 15.6. The maximum absolute atomic E-state index is 12.3. The number of hydrogen-bond donors (Lipinski definition) is 1. The van der Waals surface area contributed by atoms with Crippen molar-refractivity contribution in [2.75, 3.05) is 26.2 Å². The van der Waals surface area contributed by atoms with Gasteiger partial charge in [0.1, 0.15) is 5.60 Å². The van der Waals surface area contributed by atoms with Crippen molar-refractivity contribution in [2.45, 2.75) is 58.2 Å². The van der Waals surface area contributed by atoms with E-state index in [1.54, 1.807) is 4.90 Å². The second kappa shape index (κ2) is 6.22. The van der Waals surface area contributed by atoms with Crippen molar-refractivity contribution in [2.24, 2.45) is 0 Å². The number of hydrogen-bond acceptors (Lipinski definition) is 4. The van der Waals surface area contributed by atoms with Gasteiger partial charge in [0.15, 0.2) is 0 Å². The van der Waals surface area contributed by atoms with Crippen LogP contribution in [0.5, 0.6) is 0 Å². The van der Waals surface area contributed by atoms with Gasteiger partial charge in [-0.2, -0.15) is 0 Å². The molecule has 120 valence electrons. The van der Waals surface area contributed by atoms with Crippen molar-refractivity contribution >= 4 is 12.0 Å². The molecule has 0 aromatic rings. The number of ether oxygens (including phenoxy) is 1. The van der Waals surface area contributed by atoms with Crippen LogP contribution in [0.25, 0.3) is 0 Å². The van der Waals surface area contributed by atoms with Crippen LogP contribution in [-0.2, 0) is 9.53 Å². The molecule has 2 unspecified atom stereocenters. The van der Waals surface area contributed by atoms with Crippen molar-refractivity contribution < 1.29 is 14.3 Å². The van der Waals surface area contributed by atoms with Gasteiger partial charge in [-0.25, -0.2) is 4.79 Å². The molecule has 6 nitrogen and oxygen atoms in total. The van der Waals surface area contributed by atoms with Gasteiger partial charge in [0.25, 0.3) is 0 Å². The van der Waals surface area contributed by atoms with E-state index in [1.807, 2.05) is 32.6 Å². The van der Waals surface area contributed by atoms with Crippen LogP contribution in [0.1, 0.15) is 40.5 Å². The summed E-state index contributed by atoms with van der Waals surface area (Å²) in [5, 5.41) is 3.42. The number of piperazine rings is 1. The first-order valence-corrected chi connectivity index (χ1v) is 7.77. The van der Waals surface area contributed by atoms with Crippen LogP contribution in [0.15, 0.2) is 0 Å². The number of nitrogens with one attached hydrogen (secondary N) is 1. The molecule has 0 aliphatic carbocycles. The summed E-state index contributed by atoms with van der Waals surface area (Å²) < 4.78 is 5.47. The molecule has 0 bridgehead atoms. The summed E-state index contributed by atoms with van der Waals surface area (Å²) in [6, 6.07) is 0.223. The summed E-state index contributed by atoms with van der Waals surface area (Å²) in [6.07, 6.45) is 1.32. The van der Waals surface area contributed by atoms with Crippen LogP contribution in [0.4, 0.5) is 4.79 Å². The molecule has 21 heavy (non-hydrogen) atoms. The van der Waals surface area contributed by atoms with Crippen LogP contribution in [0.3, 0.4) is 0 Å². The normalized spacial score (nSPS) is 27.1. The fraction of sp³-hybridized carbons (Fsp3) is 0.867. The third-order valence-electron chi connectivity index (χ3n) is 3.89. The Kier molecular flexibility index (Phi) is 4.76. The number of rotatable bonds is 2. The molecule has 0 aromatic heterocycles. The summed E-state index contributed by atoms with van der Waals surface area (Å²) in [4.78, 5) is 27.6. The number of nitrogens with zero attached hydrogens (tertiary/aromatic N) is 2. The van der Waals surface area contributed by atoms with Gasteiger partial charge in [-0.3, -0.25) is 4.79 Å². The fourth-order valence-corrected chi connectivity index (χ4v) is 2.79. The highest BCUT2D eigenvalue weighted by molar-refractivity contribution is 5.78. The first-order valence-electron chi connectivity index (χ1n) is 7.77. The van der Waals surface area contributed by atoms with Crippen molar-refractivity contribution in [1.29, 1.82) is 0 Å². The lowest BCUT2D eigenvalue weighted by atomic mass is 10.1. The Morgan fingerprint density at radius 3 is 2.71 bits per heavy atom. The molecule has 2 saturated heterocycles. The molecule has 2 aliphatic heterocycles. The van der Waals surface area contributed by atoms with Gasteiger partial charge in [0, 0.05) is 44.7 Å². The molecule has 2 fully saturated rings. The van der Waals surface area contributed by atoms with Crippen molar-refractivity contribution in [3.8, 4) is 0 Å². The molecule has 0 spiro atoms. The van der Waals surface area contributed by atoms with E-state index in [0.717, 1.165) is 19.5 Å². The Morgan fingerprint density at radius 1 is 1.43 bits per heavy atom. The molecule has 0 radical (unpaired) electrons. The maximum Gasteiger partial charge on any atom is 0.410 e. The molecular weight excluding hydrogens is 270 g/mol. The molecule has 2 atom stereocenters. The Labute approximate surface area is 126 Å². The topological polar surface area (TPSA) is 61.9 Å². The Bertz CT molecular complexity index is 405. The Balaban J connectivity index is 1.92. The quantitative estimate of drug-likeness (QED) is 0.832. The summed E-state index contributed by atoms with van der Waals surface area (Å²) in [6.45, 7) is 10.4. The van der Waals surface area contributed by atoms with Gasteiger partial charge in [-0.15, -0.1) is 0 Å². The van der Waals surface area contributed by atoms with Crippen LogP contribution < -0.4 is 5.32 Å². The summed E-state index contributed by atoms with van der Waals surface area (Å²) in [5.41, 5.74) is -0.484. The van der Waals surface area contributed by atoms with Gasteiger partial charge in [-0.05, 0) is 34.1 Å². The van der Waals surface area contributed by atoms with E-state index in [2.05, 4.69) is 5.32 Å². The van der Waals surface area contributed by atoms with E-state index < -0.39 is 5.60 Å². The van der Waals surface area contributed by atoms with E-state index in [4.69, 9.17) is 4.74 Å². The zero-order valence-corrected chi connectivity index (χ0v) is 13.5. The predicted molar refractivity (Wildman–Crippen MR) is 80.0 cm³/mol.